The Morgan fingerprint density at radius 3 is 2.86 bits per heavy atom. The van der Waals surface area contributed by atoms with Crippen LogP contribution >= 0.6 is 0 Å². The van der Waals surface area contributed by atoms with Crippen LogP contribution in [-0.2, 0) is 15.6 Å². The Hall–Kier alpha value is -1.89. The molecule has 0 bridgehead atoms. The van der Waals surface area contributed by atoms with E-state index in [1.54, 1.807) is 25.1 Å². The fourth-order valence-electron chi connectivity index (χ4n) is 1.72. The lowest BCUT2D eigenvalue weighted by molar-refractivity contribution is -0.121. The molecule has 1 aromatic carbocycles. The van der Waals surface area contributed by atoms with Crippen LogP contribution in [0.1, 0.15) is 27.2 Å². The summed E-state index contributed by atoms with van der Waals surface area (Å²) in [5.74, 6) is -0.274. The van der Waals surface area contributed by atoms with Gasteiger partial charge in [-0.05, 0) is 38.5 Å². The van der Waals surface area contributed by atoms with Crippen molar-refractivity contribution in [3.8, 4) is 0 Å². The minimum atomic E-state index is -1.65. The number of rotatable bonds is 5. The first kappa shape index (κ1) is 15.5. The van der Waals surface area contributed by atoms with Gasteiger partial charge in [-0.25, -0.2) is 9.19 Å². The van der Waals surface area contributed by atoms with E-state index in [-0.39, 0.29) is 17.2 Å². The number of nitrogens with two attached hydrogens (primary N) is 1. The first-order valence-corrected chi connectivity index (χ1v) is 8.00. The van der Waals surface area contributed by atoms with Crippen molar-refractivity contribution in [2.75, 3.05) is 5.73 Å². The number of nitrogens with zero attached hydrogens (tertiary/aromatic N) is 1. The molecule has 114 valence electrons. The Balaban J connectivity index is 2.19. The predicted octanol–water partition coefficient (Wildman–Crippen LogP) is 1.82. The lowest BCUT2D eigenvalue weighted by Crippen LogP contribution is -2.40. The monoisotopic (exact) mass is 309 g/mol. The van der Waals surface area contributed by atoms with Crippen LogP contribution in [0.5, 0.6) is 0 Å². The number of aromatic nitrogens is 1. The molecular formula is C14H19N3O3S. The van der Waals surface area contributed by atoms with Crippen molar-refractivity contribution in [3.63, 3.8) is 0 Å². The van der Waals surface area contributed by atoms with Crippen molar-refractivity contribution in [1.29, 1.82) is 0 Å². The zero-order valence-corrected chi connectivity index (χ0v) is 13.1. The van der Waals surface area contributed by atoms with Crippen LogP contribution in [0.3, 0.4) is 0 Å². The van der Waals surface area contributed by atoms with Crippen LogP contribution in [0.25, 0.3) is 11.1 Å². The maximum Gasteiger partial charge on any atom is 0.288 e. The van der Waals surface area contributed by atoms with Gasteiger partial charge in [-0.15, -0.1) is 0 Å². The molecule has 0 radical (unpaired) electrons. The third kappa shape index (κ3) is 3.41. The number of hydrogen-bond acceptors (Lipinski definition) is 5. The number of nitrogens with one attached hydrogen (secondary N) is 1. The van der Waals surface area contributed by atoms with E-state index in [9.17, 15) is 9.00 Å². The van der Waals surface area contributed by atoms with Crippen molar-refractivity contribution < 1.29 is 13.4 Å². The molecule has 2 rings (SSSR count). The summed E-state index contributed by atoms with van der Waals surface area (Å²) in [7, 11) is -1.65. The molecule has 0 saturated carbocycles. The highest BCUT2D eigenvalue weighted by Gasteiger charge is 2.26. The molecule has 1 heterocycles. The number of amides is 1. The smallest absolute Gasteiger partial charge is 0.288 e. The van der Waals surface area contributed by atoms with Gasteiger partial charge in [-0.3, -0.25) is 4.79 Å². The Labute approximate surface area is 125 Å². The number of hydrogen-bond donors (Lipinski definition) is 2. The molecule has 0 fully saturated rings. The molecular weight excluding hydrogens is 290 g/mol. The molecule has 0 saturated heterocycles. The topological polar surface area (TPSA) is 98.2 Å². The highest BCUT2D eigenvalue weighted by atomic mass is 32.2. The molecule has 0 aliphatic carbocycles. The van der Waals surface area contributed by atoms with Crippen LogP contribution in [-0.4, -0.2) is 26.4 Å². The first-order valence-electron chi connectivity index (χ1n) is 6.79. The zero-order chi connectivity index (χ0) is 15.6. The van der Waals surface area contributed by atoms with E-state index in [1.165, 1.54) is 0 Å². The van der Waals surface area contributed by atoms with Crippen molar-refractivity contribution >= 4 is 33.5 Å². The summed E-state index contributed by atoms with van der Waals surface area (Å²) in [5.41, 5.74) is 7.25. The number of carbonyl (C=O) groups is 1. The molecule has 3 unspecified atom stereocenters. The van der Waals surface area contributed by atoms with Crippen molar-refractivity contribution in [2.24, 2.45) is 0 Å². The minimum absolute atomic E-state index is 0.0420. The zero-order valence-electron chi connectivity index (χ0n) is 12.3. The number of oxazole rings is 1. The van der Waals surface area contributed by atoms with E-state index in [0.717, 1.165) is 6.42 Å². The quantitative estimate of drug-likeness (QED) is 0.821. The van der Waals surface area contributed by atoms with Crippen LogP contribution < -0.4 is 11.1 Å². The van der Waals surface area contributed by atoms with Crippen molar-refractivity contribution in [3.05, 3.63) is 18.2 Å². The Morgan fingerprint density at radius 2 is 2.19 bits per heavy atom. The van der Waals surface area contributed by atoms with E-state index in [4.69, 9.17) is 10.2 Å². The van der Waals surface area contributed by atoms with E-state index < -0.39 is 16.0 Å². The summed E-state index contributed by atoms with van der Waals surface area (Å²) in [6.45, 7) is 5.46. The van der Waals surface area contributed by atoms with E-state index >= 15 is 0 Å². The summed E-state index contributed by atoms with van der Waals surface area (Å²) in [5, 5.41) is 2.11. The lowest BCUT2D eigenvalue weighted by Gasteiger charge is -2.14. The lowest BCUT2D eigenvalue weighted by atomic mass is 10.2. The molecule has 6 nitrogen and oxygen atoms in total. The van der Waals surface area contributed by atoms with Gasteiger partial charge in [0, 0.05) is 11.7 Å². The summed E-state index contributed by atoms with van der Waals surface area (Å²) >= 11 is 0. The highest BCUT2D eigenvalue weighted by Crippen LogP contribution is 2.21. The van der Waals surface area contributed by atoms with Gasteiger partial charge in [0.2, 0.25) is 5.91 Å². The SMILES string of the molecule is CCC(C)NC(=O)C(C)S(=O)c1nc2cc(N)ccc2o1. The van der Waals surface area contributed by atoms with Gasteiger partial charge in [-0.2, -0.15) is 0 Å². The summed E-state index contributed by atoms with van der Waals surface area (Å²) < 4.78 is 17.8. The van der Waals surface area contributed by atoms with Gasteiger partial charge in [0.25, 0.3) is 5.22 Å². The van der Waals surface area contributed by atoms with Gasteiger partial charge in [0.15, 0.2) is 5.58 Å². The number of carbonyl (C=O) groups excluding carboxylic acids is 1. The second kappa shape index (κ2) is 6.26. The summed E-state index contributed by atoms with van der Waals surface area (Å²) in [4.78, 5) is 16.2. The minimum Gasteiger partial charge on any atom is -0.430 e. The molecule has 0 aliphatic rings. The Bertz CT molecular complexity index is 683. The molecule has 21 heavy (non-hydrogen) atoms. The number of anilines is 1. The molecule has 7 heteroatoms. The molecule has 3 atom stereocenters. The second-order valence-electron chi connectivity index (χ2n) is 4.96. The van der Waals surface area contributed by atoms with Gasteiger partial charge in [0.1, 0.15) is 21.6 Å². The predicted molar refractivity (Wildman–Crippen MR) is 82.2 cm³/mol. The maximum absolute atomic E-state index is 12.4. The number of nitrogen functional groups attached to an aromatic ring is 1. The molecule has 1 aromatic heterocycles. The summed E-state index contributed by atoms with van der Waals surface area (Å²) in [6.07, 6.45) is 0.813. The third-order valence-electron chi connectivity index (χ3n) is 3.26. The van der Waals surface area contributed by atoms with E-state index in [2.05, 4.69) is 10.3 Å². The van der Waals surface area contributed by atoms with E-state index in [0.29, 0.717) is 16.8 Å². The van der Waals surface area contributed by atoms with Gasteiger partial charge >= 0.3 is 0 Å². The first-order chi connectivity index (χ1) is 9.92. The average Bonchev–Trinajstić information content (AvgIpc) is 2.88. The largest absolute Gasteiger partial charge is 0.430 e. The van der Waals surface area contributed by atoms with E-state index in [1.807, 2.05) is 13.8 Å². The fourth-order valence-corrected chi connectivity index (χ4v) is 2.65. The normalized spacial score (nSPS) is 15.6. The molecule has 1 amide bonds. The van der Waals surface area contributed by atoms with Crippen molar-refractivity contribution in [2.45, 2.75) is 43.7 Å². The molecule has 3 N–H and O–H groups in total. The standard InChI is InChI=1S/C14H19N3O3S/c1-4-8(2)16-13(18)9(3)21(19)14-17-11-7-10(15)5-6-12(11)20-14/h5-9H,4,15H2,1-3H3,(H,16,18). The van der Waals surface area contributed by atoms with Gasteiger partial charge < -0.3 is 15.5 Å². The number of benzene rings is 1. The second-order valence-corrected chi connectivity index (χ2v) is 6.62. The number of fused-ring (bicyclic) bond motifs is 1. The molecule has 2 aromatic rings. The van der Waals surface area contributed by atoms with Crippen LogP contribution in [0.4, 0.5) is 5.69 Å². The van der Waals surface area contributed by atoms with Crippen LogP contribution in [0, 0.1) is 0 Å². The fraction of sp³-hybridized carbons (Fsp3) is 0.429. The van der Waals surface area contributed by atoms with Gasteiger partial charge in [-0.1, -0.05) is 6.92 Å². The average molecular weight is 309 g/mol. The maximum atomic E-state index is 12.4. The summed E-state index contributed by atoms with van der Waals surface area (Å²) in [6, 6.07) is 5.03. The van der Waals surface area contributed by atoms with Crippen molar-refractivity contribution in [1.82, 2.24) is 10.3 Å². The molecule has 0 aliphatic heterocycles. The molecule has 0 spiro atoms. The van der Waals surface area contributed by atoms with Gasteiger partial charge in [0.05, 0.1) is 0 Å². The van der Waals surface area contributed by atoms with Crippen LogP contribution in [0.15, 0.2) is 27.8 Å². The van der Waals surface area contributed by atoms with Crippen LogP contribution in [0.2, 0.25) is 0 Å². The highest BCUT2D eigenvalue weighted by molar-refractivity contribution is 7.86. The Kier molecular flexibility index (Phi) is 4.62. The third-order valence-corrected chi connectivity index (χ3v) is 4.63. The Morgan fingerprint density at radius 1 is 1.48 bits per heavy atom.